The van der Waals surface area contributed by atoms with Gasteiger partial charge in [0.05, 0.1) is 6.20 Å². The van der Waals surface area contributed by atoms with Crippen molar-refractivity contribution >= 4 is 0 Å². The first-order chi connectivity index (χ1) is 8.78. The van der Waals surface area contributed by atoms with Crippen LogP contribution in [0.4, 0.5) is 0 Å². The average Bonchev–Trinajstić information content (AvgIpc) is 2.76. The van der Waals surface area contributed by atoms with Crippen molar-refractivity contribution < 1.29 is 0 Å². The molecule has 0 radical (unpaired) electrons. The van der Waals surface area contributed by atoms with Gasteiger partial charge in [0.25, 0.3) is 0 Å². The van der Waals surface area contributed by atoms with E-state index in [9.17, 15) is 0 Å². The van der Waals surface area contributed by atoms with Gasteiger partial charge in [-0.2, -0.15) is 5.10 Å². The summed E-state index contributed by atoms with van der Waals surface area (Å²) in [6, 6.07) is 0.682. The van der Waals surface area contributed by atoms with Gasteiger partial charge < -0.3 is 5.32 Å². The summed E-state index contributed by atoms with van der Waals surface area (Å²) in [5.74, 6) is 0. The third-order valence-electron chi connectivity index (χ3n) is 3.60. The Morgan fingerprint density at radius 2 is 2.39 bits per heavy atom. The van der Waals surface area contributed by atoms with Gasteiger partial charge in [0.15, 0.2) is 0 Å². The lowest BCUT2D eigenvalue weighted by Gasteiger charge is -2.30. The summed E-state index contributed by atoms with van der Waals surface area (Å²) < 4.78 is 1.89. The predicted octanol–water partition coefficient (Wildman–Crippen LogP) is 1.77. The molecule has 2 rings (SSSR count). The Kier molecular flexibility index (Phi) is 5.20. The Morgan fingerprint density at radius 3 is 3.00 bits per heavy atom. The second kappa shape index (κ2) is 6.90. The van der Waals surface area contributed by atoms with E-state index in [2.05, 4.69) is 28.4 Å². The van der Waals surface area contributed by atoms with E-state index >= 15 is 0 Å². The molecular formula is C14H26N4. The van der Waals surface area contributed by atoms with Gasteiger partial charge in [-0.3, -0.25) is 9.58 Å². The van der Waals surface area contributed by atoms with E-state index in [1.54, 1.807) is 0 Å². The number of hydrogen-bond acceptors (Lipinski definition) is 3. The van der Waals surface area contributed by atoms with Crippen molar-refractivity contribution in [3.05, 3.63) is 18.0 Å². The summed E-state index contributed by atoms with van der Waals surface area (Å²) in [7, 11) is 1.98. The summed E-state index contributed by atoms with van der Waals surface area (Å²) >= 11 is 0. The van der Waals surface area contributed by atoms with Crippen LogP contribution in [0.1, 0.15) is 38.2 Å². The molecule has 2 heterocycles. The number of piperidine rings is 1. The molecule has 4 nitrogen and oxygen atoms in total. The normalized spacial score (nSPS) is 20.5. The first-order valence-electron chi connectivity index (χ1n) is 7.21. The highest BCUT2D eigenvalue weighted by Gasteiger charge is 2.16. The molecule has 1 aliphatic rings. The zero-order valence-electron chi connectivity index (χ0n) is 11.7. The Morgan fingerprint density at radius 1 is 1.50 bits per heavy atom. The maximum Gasteiger partial charge on any atom is 0.0534 e. The first-order valence-corrected chi connectivity index (χ1v) is 7.21. The molecule has 1 N–H and O–H groups in total. The van der Waals surface area contributed by atoms with Crippen molar-refractivity contribution in [2.75, 3.05) is 19.6 Å². The Bertz CT molecular complexity index is 341. The van der Waals surface area contributed by atoms with Gasteiger partial charge in [-0.15, -0.1) is 0 Å². The second-order valence-corrected chi connectivity index (χ2v) is 5.40. The molecule has 0 saturated carbocycles. The number of aryl methyl sites for hydroxylation is 1. The minimum atomic E-state index is 0.682. The van der Waals surface area contributed by atoms with Gasteiger partial charge in [-0.05, 0) is 32.4 Å². The smallest absolute Gasteiger partial charge is 0.0534 e. The van der Waals surface area contributed by atoms with Gasteiger partial charge in [-0.1, -0.05) is 13.3 Å². The molecule has 18 heavy (non-hydrogen) atoms. The standard InChI is InChI=1S/C14H26N4/c1-3-8-18(11-13-9-16-17(2)10-13)12-14-6-4-5-7-15-14/h9-10,14-15H,3-8,11-12H2,1-2H3. The van der Waals surface area contributed by atoms with Gasteiger partial charge in [0.1, 0.15) is 0 Å². The third-order valence-corrected chi connectivity index (χ3v) is 3.60. The molecule has 1 fully saturated rings. The fourth-order valence-corrected chi connectivity index (χ4v) is 2.75. The molecule has 0 amide bonds. The monoisotopic (exact) mass is 250 g/mol. The van der Waals surface area contributed by atoms with Crippen LogP contribution in [0.15, 0.2) is 12.4 Å². The Balaban J connectivity index is 1.86. The summed E-state index contributed by atoms with van der Waals surface area (Å²) in [6.45, 7) is 6.82. The zero-order valence-corrected chi connectivity index (χ0v) is 11.7. The van der Waals surface area contributed by atoms with Crippen LogP contribution in [0.2, 0.25) is 0 Å². The van der Waals surface area contributed by atoms with E-state index < -0.39 is 0 Å². The largest absolute Gasteiger partial charge is 0.313 e. The van der Waals surface area contributed by atoms with Crippen molar-refractivity contribution in [3.8, 4) is 0 Å². The number of nitrogens with zero attached hydrogens (tertiary/aromatic N) is 3. The molecule has 0 spiro atoms. The van der Waals surface area contributed by atoms with E-state index in [0.717, 1.165) is 6.54 Å². The number of hydrogen-bond donors (Lipinski definition) is 1. The van der Waals surface area contributed by atoms with E-state index in [1.165, 1.54) is 50.9 Å². The molecule has 1 unspecified atom stereocenters. The van der Waals surface area contributed by atoms with Crippen molar-refractivity contribution in [1.82, 2.24) is 20.0 Å². The SMILES string of the molecule is CCCN(Cc1cnn(C)c1)CC1CCCCN1. The van der Waals surface area contributed by atoms with Crippen LogP contribution in [0, 0.1) is 0 Å². The lowest BCUT2D eigenvalue weighted by molar-refractivity contribution is 0.217. The fraction of sp³-hybridized carbons (Fsp3) is 0.786. The molecule has 1 aliphatic heterocycles. The summed E-state index contributed by atoms with van der Waals surface area (Å²) in [5.41, 5.74) is 1.32. The highest BCUT2D eigenvalue weighted by Crippen LogP contribution is 2.11. The first kappa shape index (κ1) is 13.6. The molecular weight excluding hydrogens is 224 g/mol. The van der Waals surface area contributed by atoms with Crippen LogP contribution in [0.5, 0.6) is 0 Å². The molecule has 1 aromatic rings. The fourth-order valence-electron chi connectivity index (χ4n) is 2.75. The highest BCUT2D eigenvalue weighted by molar-refractivity contribution is 5.03. The molecule has 0 bridgehead atoms. The molecule has 4 heteroatoms. The minimum Gasteiger partial charge on any atom is -0.313 e. The zero-order chi connectivity index (χ0) is 12.8. The lowest BCUT2D eigenvalue weighted by atomic mass is 10.0. The van der Waals surface area contributed by atoms with Gasteiger partial charge in [-0.25, -0.2) is 0 Å². The third kappa shape index (κ3) is 4.10. The summed E-state index contributed by atoms with van der Waals surface area (Å²) in [6.07, 6.45) is 9.37. The van der Waals surface area contributed by atoms with E-state index in [-0.39, 0.29) is 0 Å². The van der Waals surface area contributed by atoms with Crippen molar-refractivity contribution in [2.45, 2.75) is 45.2 Å². The quantitative estimate of drug-likeness (QED) is 0.835. The number of rotatable bonds is 6. The molecule has 102 valence electrons. The highest BCUT2D eigenvalue weighted by atomic mass is 15.2. The maximum atomic E-state index is 4.25. The number of aromatic nitrogens is 2. The Labute approximate surface area is 110 Å². The molecule has 1 atom stereocenters. The number of nitrogens with one attached hydrogen (secondary N) is 1. The topological polar surface area (TPSA) is 33.1 Å². The van der Waals surface area contributed by atoms with Crippen molar-refractivity contribution in [3.63, 3.8) is 0 Å². The molecule has 1 saturated heterocycles. The maximum absolute atomic E-state index is 4.25. The van der Waals surface area contributed by atoms with Gasteiger partial charge in [0, 0.05) is 37.9 Å². The van der Waals surface area contributed by atoms with Gasteiger partial charge >= 0.3 is 0 Å². The second-order valence-electron chi connectivity index (χ2n) is 5.40. The van der Waals surface area contributed by atoms with Crippen molar-refractivity contribution in [2.24, 2.45) is 7.05 Å². The van der Waals surface area contributed by atoms with E-state index in [0.29, 0.717) is 6.04 Å². The average molecular weight is 250 g/mol. The van der Waals surface area contributed by atoms with Crippen LogP contribution < -0.4 is 5.32 Å². The summed E-state index contributed by atoms with van der Waals surface area (Å²) in [5, 5.41) is 7.89. The van der Waals surface area contributed by atoms with Crippen molar-refractivity contribution in [1.29, 1.82) is 0 Å². The summed E-state index contributed by atoms with van der Waals surface area (Å²) in [4.78, 5) is 2.56. The molecule has 0 aromatic carbocycles. The van der Waals surface area contributed by atoms with Crippen LogP contribution >= 0.6 is 0 Å². The molecule has 1 aromatic heterocycles. The lowest BCUT2D eigenvalue weighted by Crippen LogP contribution is -2.43. The van der Waals surface area contributed by atoms with Crippen LogP contribution in [0.25, 0.3) is 0 Å². The van der Waals surface area contributed by atoms with Gasteiger partial charge in [0.2, 0.25) is 0 Å². The van der Waals surface area contributed by atoms with Crippen LogP contribution in [-0.4, -0.2) is 40.4 Å². The van der Waals surface area contributed by atoms with E-state index in [4.69, 9.17) is 0 Å². The molecule has 0 aliphatic carbocycles. The van der Waals surface area contributed by atoms with Crippen LogP contribution in [0.3, 0.4) is 0 Å². The van der Waals surface area contributed by atoms with Crippen LogP contribution in [-0.2, 0) is 13.6 Å². The minimum absolute atomic E-state index is 0.682. The van der Waals surface area contributed by atoms with E-state index in [1.807, 2.05) is 17.9 Å². The Hall–Kier alpha value is -0.870. The predicted molar refractivity (Wildman–Crippen MR) is 74.4 cm³/mol.